The summed E-state index contributed by atoms with van der Waals surface area (Å²) in [6.45, 7) is 0. The third-order valence-electron chi connectivity index (χ3n) is 3.45. The SMILES string of the molecule is COC#Cc1cc(C(O)c2ccccc2)cc(C#COC)c1C#COC. The summed E-state index contributed by atoms with van der Waals surface area (Å²) in [6, 6.07) is 12.9. The molecular formula is C22H18O4. The number of methoxy groups -OCH3 is 3. The fourth-order valence-corrected chi connectivity index (χ4v) is 2.30. The van der Waals surface area contributed by atoms with Crippen molar-refractivity contribution >= 4 is 0 Å². The topological polar surface area (TPSA) is 47.9 Å². The fraction of sp³-hybridized carbons (Fsp3) is 0.182. The summed E-state index contributed by atoms with van der Waals surface area (Å²) < 4.78 is 14.5. The molecule has 0 heterocycles. The molecule has 1 N–H and O–H groups in total. The molecule has 0 amide bonds. The van der Waals surface area contributed by atoms with Crippen LogP contribution in [0.1, 0.15) is 33.9 Å². The van der Waals surface area contributed by atoms with Gasteiger partial charge in [-0.05, 0) is 41.0 Å². The third-order valence-corrected chi connectivity index (χ3v) is 3.45. The molecule has 0 aliphatic carbocycles. The highest BCUT2D eigenvalue weighted by Crippen LogP contribution is 2.26. The molecule has 2 aromatic rings. The molecule has 0 radical (unpaired) electrons. The Bertz CT molecular complexity index is 886. The number of hydrogen-bond acceptors (Lipinski definition) is 4. The average Bonchev–Trinajstić information content (AvgIpc) is 2.69. The lowest BCUT2D eigenvalue weighted by Crippen LogP contribution is -2.03. The Morgan fingerprint density at radius 2 is 1.23 bits per heavy atom. The Morgan fingerprint density at radius 1 is 0.731 bits per heavy atom. The van der Waals surface area contributed by atoms with Gasteiger partial charge in [0.15, 0.2) is 0 Å². The largest absolute Gasteiger partial charge is 0.450 e. The van der Waals surface area contributed by atoms with E-state index in [-0.39, 0.29) is 0 Å². The van der Waals surface area contributed by atoms with Crippen molar-refractivity contribution in [2.75, 3.05) is 21.3 Å². The Morgan fingerprint density at radius 3 is 1.73 bits per heavy atom. The van der Waals surface area contributed by atoms with Crippen molar-refractivity contribution < 1.29 is 19.3 Å². The van der Waals surface area contributed by atoms with Crippen LogP contribution in [0.25, 0.3) is 0 Å². The second-order valence-corrected chi connectivity index (χ2v) is 5.10. The average molecular weight is 346 g/mol. The van der Waals surface area contributed by atoms with Crippen molar-refractivity contribution in [3.8, 4) is 36.1 Å². The van der Waals surface area contributed by atoms with E-state index in [1.165, 1.54) is 21.3 Å². The molecule has 2 aromatic carbocycles. The molecule has 1 atom stereocenters. The first-order valence-corrected chi connectivity index (χ1v) is 7.74. The van der Waals surface area contributed by atoms with Gasteiger partial charge in [-0.3, -0.25) is 0 Å². The molecule has 4 nitrogen and oxygen atoms in total. The Hall–Kier alpha value is -3.52. The van der Waals surface area contributed by atoms with E-state index in [1.54, 1.807) is 12.1 Å². The monoisotopic (exact) mass is 346 g/mol. The van der Waals surface area contributed by atoms with Crippen molar-refractivity contribution in [2.45, 2.75) is 6.10 Å². The normalized spacial score (nSPS) is 10.0. The van der Waals surface area contributed by atoms with Crippen LogP contribution in [0.3, 0.4) is 0 Å². The van der Waals surface area contributed by atoms with Gasteiger partial charge in [-0.2, -0.15) is 0 Å². The maximum atomic E-state index is 10.7. The van der Waals surface area contributed by atoms with Gasteiger partial charge in [0.25, 0.3) is 0 Å². The van der Waals surface area contributed by atoms with Crippen LogP contribution in [-0.4, -0.2) is 26.4 Å². The van der Waals surface area contributed by atoms with Gasteiger partial charge in [0.1, 0.15) is 24.4 Å². The van der Waals surface area contributed by atoms with Gasteiger partial charge in [-0.1, -0.05) is 30.3 Å². The van der Waals surface area contributed by atoms with Crippen molar-refractivity contribution in [1.29, 1.82) is 0 Å². The van der Waals surface area contributed by atoms with Crippen LogP contribution in [0.5, 0.6) is 0 Å². The smallest absolute Gasteiger partial charge is 0.115 e. The number of benzene rings is 2. The summed E-state index contributed by atoms with van der Waals surface area (Å²) in [6.07, 6.45) is 6.82. The Labute approximate surface area is 153 Å². The van der Waals surface area contributed by atoms with Crippen LogP contribution in [0.2, 0.25) is 0 Å². The molecule has 4 heteroatoms. The maximum Gasteiger partial charge on any atom is 0.115 e. The number of hydrogen-bond donors (Lipinski definition) is 1. The van der Waals surface area contributed by atoms with E-state index in [1.807, 2.05) is 30.3 Å². The van der Waals surface area contributed by atoms with Gasteiger partial charge in [0.05, 0.1) is 26.9 Å². The van der Waals surface area contributed by atoms with Crippen LogP contribution in [0.4, 0.5) is 0 Å². The molecule has 0 aliphatic rings. The van der Waals surface area contributed by atoms with E-state index >= 15 is 0 Å². The predicted octanol–water partition coefficient (Wildman–Crippen LogP) is 2.63. The summed E-state index contributed by atoms with van der Waals surface area (Å²) in [7, 11) is 4.42. The van der Waals surface area contributed by atoms with Crippen molar-refractivity contribution in [3.63, 3.8) is 0 Å². The summed E-state index contributed by atoms with van der Waals surface area (Å²) >= 11 is 0. The molecule has 0 bridgehead atoms. The van der Waals surface area contributed by atoms with Crippen molar-refractivity contribution in [2.24, 2.45) is 0 Å². The maximum absolute atomic E-state index is 10.7. The molecule has 1 unspecified atom stereocenters. The highest BCUT2D eigenvalue weighted by Gasteiger charge is 2.15. The molecule has 0 saturated heterocycles. The predicted molar refractivity (Wildman–Crippen MR) is 98.6 cm³/mol. The Balaban J connectivity index is 2.67. The molecule has 0 aromatic heterocycles. The highest BCUT2D eigenvalue weighted by atomic mass is 16.5. The molecule has 2 rings (SSSR count). The zero-order chi connectivity index (χ0) is 18.8. The molecule has 0 spiro atoms. The molecule has 130 valence electrons. The first kappa shape index (κ1) is 18.8. The summed E-state index contributed by atoms with van der Waals surface area (Å²) in [5, 5.41) is 10.7. The van der Waals surface area contributed by atoms with Gasteiger partial charge >= 0.3 is 0 Å². The first-order valence-electron chi connectivity index (χ1n) is 7.74. The van der Waals surface area contributed by atoms with Gasteiger partial charge in [0.2, 0.25) is 0 Å². The van der Waals surface area contributed by atoms with E-state index < -0.39 is 6.10 Å². The highest BCUT2D eigenvalue weighted by molar-refractivity contribution is 5.61. The molecular weight excluding hydrogens is 328 g/mol. The summed E-state index contributed by atoms with van der Waals surface area (Å²) in [5.74, 6) is 8.66. The van der Waals surface area contributed by atoms with Crippen LogP contribution >= 0.6 is 0 Å². The lowest BCUT2D eigenvalue weighted by molar-refractivity contribution is 0.220. The second kappa shape index (κ2) is 9.70. The quantitative estimate of drug-likeness (QED) is 0.850. The number of aliphatic hydroxyl groups excluding tert-OH is 1. The second-order valence-electron chi connectivity index (χ2n) is 5.10. The number of rotatable bonds is 2. The zero-order valence-corrected chi connectivity index (χ0v) is 14.8. The van der Waals surface area contributed by atoms with E-state index in [9.17, 15) is 5.11 Å². The Kier molecular flexibility index (Phi) is 7.02. The standard InChI is InChI=1S/C22H18O4/c1-24-12-9-18-15-20(22(23)17-7-5-4-6-8-17)16-19(10-13-25-2)21(18)11-14-26-3/h4-8,15-16,22-23H,1-3H3. The summed E-state index contributed by atoms with van der Waals surface area (Å²) in [5.41, 5.74) is 3.12. The van der Waals surface area contributed by atoms with E-state index in [2.05, 4.69) is 36.1 Å². The van der Waals surface area contributed by atoms with Gasteiger partial charge in [-0.25, -0.2) is 0 Å². The zero-order valence-electron chi connectivity index (χ0n) is 14.8. The number of ether oxygens (including phenoxy) is 3. The van der Waals surface area contributed by atoms with Crippen LogP contribution in [0, 0.1) is 36.1 Å². The van der Waals surface area contributed by atoms with Crippen LogP contribution in [-0.2, 0) is 14.2 Å². The lowest BCUT2D eigenvalue weighted by atomic mass is 9.93. The van der Waals surface area contributed by atoms with Gasteiger partial charge in [-0.15, -0.1) is 0 Å². The third kappa shape index (κ3) is 4.74. The van der Waals surface area contributed by atoms with E-state index in [4.69, 9.17) is 14.2 Å². The van der Waals surface area contributed by atoms with Gasteiger partial charge in [0, 0.05) is 11.1 Å². The molecule has 26 heavy (non-hydrogen) atoms. The van der Waals surface area contributed by atoms with Gasteiger partial charge < -0.3 is 19.3 Å². The van der Waals surface area contributed by atoms with E-state index in [0.717, 1.165) is 5.56 Å². The van der Waals surface area contributed by atoms with Crippen molar-refractivity contribution in [1.82, 2.24) is 0 Å². The minimum Gasteiger partial charge on any atom is -0.450 e. The molecule has 0 aliphatic heterocycles. The van der Waals surface area contributed by atoms with Crippen LogP contribution in [0.15, 0.2) is 42.5 Å². The number of aliphatic hydroxyl groups is 1. The van der Waals surface area contributed by atoms with E-state index in [0.29, 0.717) is 22.3 Å². The molecule has 0 saturated carbocycles. The fourth-order valence-electron chi connectivity index (χ4n) is 2.30. The minimum absolute atomic E-state index is 0.573. The van der Waals surface area contributed by atoms with Crippen LogP contribution < -0.4 is 0 Å². The first-order chi connectivity index (χ1) is 12.7. The lowest BCUT2D eigenvalue weighted by Gasteiger charge is -2.14. The molecule has 0 fully saturated rings. The summed E-state index contributed by atoms with van der Waals surface area (Å²) in [4.78, 5) is 0. The van der Waals surface area contributed by atoms with Crippen molar-refractivity contribution in [3.05, 3.63) is 70.3 Å². The minimum atomic E-state index is -0.827.